The van der Waals surface area contributed by atoms with Crippen molar-refractivity contribution in [2.45, 2.75) is 57.8 Å². The van der Waals surface area contributed by atoms with Gasteiger partial charge in [0.1, 0.15) is 5.75 Å². The molecule has 6 heteroatoms. The number of carboxylic acid groups (broad SMARTS) is 1. The normalized spacial score (nSPS) is 22.6. The highest BCUT2D eigenvalue weighted by Gasteiger charge is 2.53. The van der Waals surface area contributed by atoms with E-state index in [0.717, 1.165) is 12.8 Å². The monoisotopic (exact) mass is 304 g/mol. The quantitative estimate of drug-likeness (QED) is 0.864. The van der Waals surface area contributed by atoms with Crippen LogP contribution >= 0.6 is 0 Å². The SMILES string of the molecule is CC1(C)OB(c2c(OC3CC3)cccc2C(=O)O)OC1(C)C. The van der Waals surface area contributed by atoms with Crippen molar-refractivity contribution in [3.63, 3.8) is 0 Å². The number of hydrogen-bond acceptors (Lipinski definition) is 4. The van der Waals surface area contributed by atoms with Gasteiger partial charge in [-0.3, -0.25) is 0 Å². The maximum atomic E-state index is 11.6. The molecule has 0 amide bonds. The van der Waals surface area contributed by atoms with Gasteiger partial charge >= 0.3 is 13.1 Å². The van der Waals surface area contributed by atoms with Gasteiger partial charge in [0.2, 0.25) is 0 Å². The van der Waals surface area contributed by atoms with Gasteiger partial charge in [-0.2, -0.15) is 0 Å². The second kappa shape index (κ2) is 5.00. The summed E-state index contributed by atoms with van der Waals surface area (Å²) in [6.07, 6.45) is 2.17. The fraction of sp³-hybridized carbons (Fsp3) is 0.562. The molecule has 2 aliphatic rings. The summed E-state index contributed by atoms with van der Waals surface area (Å²) in [5.74, 6) is -0.466. The Morgan fingerprint density at radius 3 is 2.32 bits per heavy atom. The Morgan fingerprint density at radius 2 is 1.82 bits per heavy atom. The van der Waals surface area contributed by atoms with Crippen LogP contribution in [0.1, 0.15) is 50.9 Å². The largest absolute Gasteiger partial charge is 0.499 e. The summed E-state index contributed by atoms with van der Waals surface area (Å²) >= 11 is 0. The average molecular weight is 304 g/mol. The Hall–Kier alpha value is -1.53. The predicted octanol–water partition coefficient (Wildman–Crippen LogP) is 2.23. The zero-order chi connectivity index (χ0) is 16.1. The van der Waals surface area contributed by atoms with Crippen LogP contribution in [0.3, 0.4) is 0 Å². The topological polar surface area (TPSA) is 65.0 Å². The highest BCUT2D eigenvalue weighted by Crippen LogP contribution is 2.38. The summed E-state index contributed by atoms with van der Waals surface area (Å²) in [5.41, 5.74) is -0.419. The van der Waals surface area contributed by atoms with E-state index in [-0.39, 0.29) is 11.7 Å². The second-order valence-corrected chi connectivity index (χ2v) is 6.93. The minimum Gasteiger partial charge on any atom is -0.491 e. The van der Waals surface area contributed by atoms with Crippen LogP contribution in [0.2, 0.25) is 0 Å². The molecule has 1 N–H and O–H groups in total. The van der Waals surface area contributed by atoms with Gasteiger partial charge in [-0.15, -0.1) is 0 Å². The summed E-state index contributed by atoms with van der Waals surface area (Å²) in [7, 11) is -0.744. The van der Waals surface area contributed by atoms with Gasteiger partial charge < -0.3 is 19.2 Å². The van der Waals surface area contributed by atoms with Crippen molar-refractivity contribution in [1.29, 1.82) is 0 Å². The molecule has 1 aromatic carbocycles. The summed E-state index contributed by atoms with van der Waals surface area (Å²) in [6, 6.07) is 5.03. The Labute approximate surface area is 130 Å². The van der Waals surface area contributed by atoms with Crippen LogP contribution in [0.25, 0.3) is 0 Å². The number of carboxylic acids is 1. The molecule has 118 valence electrons. The first-order valence-electron chi connectivity index (χ1n) is 7.60. The maximum Gasteiger partial charge on any atom is 0.499 e. The molecule has 0 spiro atoms. The van der Waals surface area contributed by atoms with Crippen molar-refractivity contribution in [1.82, 2.24) is 0 Å². The number of carbonyl (C=O) groups is 1. The van der Waals surface area contributed by atoms with Crippen molar-refractivity contribution >= 4 is 18.6 Å². The van der Waals surface area contributed by atoms with Crippen LogP contribution < -0.4 is 10.2 Å². The van der Waals surface area contributed by atoms with Gasteiger partial charge in [0.15, 0.2) is 0 Å². The molecule has 0 atom stereocenters. The lowest BCUT2D eigenvalue weighted by atomic mass is 9.75. The predicted molar refractivity (Wildman–Crippen MR) is 82.8 cm³/mol. The van der Waals surface area contributed by atoms with Gasteiger partial charge in [-0.05, 0) is 52.7 Å². The molecule has 1 aromatic rings. The third-order valence-corrected chi connectivity index (χ3v) is 4.60. The molecule has 2 fully saturated rings. The first kappa shape index (κ1) is 15.4. The maximum absolute atomic E-state index is 11.6. The van der Waals surface area contributed by atoms with E-state index in [0.29, 0.717) is 11.2 Å². The van der Waals surface area contributed by atoms with Crippen molar-refractivity contribution in [2.24, 2.45) is 0 Å². The molecule has 1 saturated carbocycles. The molecule has 3 rings (SSSR count). The fourth-order valence-corrected chi connectivity index (χ4v) is 2.40. The van der Waals surface area contributed by atoms with E-state index in [1.54, 1.807) is 18.2 Å². The molecule has 1 aliphatic heterocycles. The average Bonchev–Trinajstić information content (AvgIpc) is 3.17. The molecule has 5 nitrogen and oxygen atoms in total. The van der Waals surface area contributed by atoms with E-state index in [1.165, 1.54) is 0 Å². The molecular formula is C16H21BO5. The lowest BCUT2D eigenvalue weighted by Gasteiger charge is -2.32. The van der Waals surface area contributed by atoms with Crippen LogP contribution in [-0.4, -0.2) is 35.5 Å². The minimum absolute atomic E-state index is 0.164. The molecule has 0 radical (unpaired) electrons. The third-order valence-electron chi connectivity index (χ3n) is 4.60. The Bertz CT molecular complexity index is 591. The fourth-order valence-electron chi connectivity index (χ4n) is 2.40. The van der Waals surface area contributed by atoms with Crippen LogP contribution in [0.5, 0.6) is 5.75 Å². The highest BCUT2D eigenvalue weighted by molar-refractivity contribution is 6.64. The second-order valence-electron chi connectivity index (χ2n) is 6.93. The lowest BCUT2D eigenvalue weighted by Crippen LogP contribution is -2.41. The van der Waals surface area contributed by atoms with Crippen molar-refractivity contribution in [3.8, 4) is 5.75 Å². The van der Waals surface area contributed by atoms with Crippen molar-refractivity contribution in [3.05, 3.63) is 23.8 Å². The molecule has 1 heterocycles. The zero-order valence-electron chi connectivity index (χ0n) is 13.4. The molecule has 0 unspecified atom stereocenters. The standard InChI is InChI=1S/C16H21BO5/c1-15(2)16(3,4)22-17(21-15)13-11(14(18)19)6-5-7-12(13)20-10-8-9-10/h5-7,10H,8-9H2,1-4H3,(H,18,19). The van der Waals surface area contributed by atoms with Gasteiger partial charge in [0, 0.05) is 5.46 Å². The van der Waals surface area contributed by atoms with Gasteiger partial charge in [-0.1, -0.05) is 6.07 Å². The van der Waals surface area contributed by atoms with Crippen LogP contribution in [0.4, 0.5) is 0 Å². The molecule has 1 aliphatic carbocycles. The van der Waals surface area contributed by atoms with Crippen LogP contribution in [0.15, 0.2) is 18.2 Å². The summed E-state index contributed by atoms with van der Waals surface area (Å²) < 4.78 is 17.9. The molecule has 22 heavy (non-hydrogen) atoms. The summed E-state index contributed by atoms with van der Waals surface area (Å²) in [5, 5.41) is 9.49. The van der Waals surface area contributed by atoms with E-state index in [4.69, 9.17) is 14.0 Å². The van der Waals surface area contributed by atoms with E-state index in [9.17, 15) is 9.90 Å². The van der Waals surface area contributed by atoms with Gasteiger partial charge in [0.05, 0.1) is 22.9 Å². The van der Waals surface area contributed by atoms with E-state index in [2.05, 4.69) is 0 Å². The summed E-state index contributed by atoms with van der Waals surface area (Å²) in [6.45, 7) is 7.77. The number of rotatable bonds is 4. The Balaban J connectivity index is 2.02. The number of aromatic carboxylic acids is 1. The van der Waals surface area contributed by atoms with Crippen LogP contribution in [-0.2, 0) is 9.31 Å². The van der Waals surface area contributed by atoms with E-state index < -0.39 is 24.3 Å². The third kappa shape index (κ3) is 2.61. The lowest BCUT2D eigenvalue weighted by molar-refractivity contribution is 0.00578. The molecule has 0 bridgehead atoms. The number of ether oxygens (including phenoxy) is 1. The molecular weight excluding hydrogens is 283 g/mol. The first-order chi connectivity index (χ1) is 10.2. The van der Waals surface area contributed by atoms with Crippen molar-refractivity contribution < 1.29 is 23.9 Å². The zero-order valence-corrected chi connectivity index (χ0v) is 13.4. The van der Waals surface area contributed by atoms with Crippen molar-refractivity contribution in [2.75, 3.05) is 0 Å². The number of benzene rings is 1. The highest BCUT2D eigenvalue weighted by atomic mass is 16.7. The van der Waals surface area contributed by atoms with E-state index >= 15 is 0 Å². The Kier molecular flexibility index (Phi) is 3.49. The number of hydrogen-bond donors (Lipinski definition) is 1. The minimum atomic E-state index is -1.01. The smallest absolute Gasteiger partial charge is 0.491 e. The molecule has 0 aromatic heterocycles. The Morgan fingerprint density at radius 1 is 1.23 bits per heavy atom. The molecule has 1 saturated heterocycles. The van der Waals surface area contributed by atoms with Gasteiger partial charge in [0.25, 0.3) is 0 Å². The van der Waals surface area contributed by atoms with Crippen LogP contribution in [0, 0.1) is 0 Å². The van der Waals surface area contributed by atoms with Gasteiger partial charge in [-0.25, -0.2) is 4.79 Å². The first-order valence-corrected chi connectivity index (χ1v) is 7.60. The van der Waals surface area contributed by atoms with E-state index in [1.807, 2.05) is 27.7 Å². The summed E-state index contributed by atoms with van der Waals surface area (Å²) in [4.78, 5) is 11.6.